The first-order chi connectivity index (χ1) is 4.39. The second-order valence-electron chi connectivity index (χ2n) is 1.41. The fraction of sp³-hybridized carbons (Fsp3) is 0. The Balaban J connectivity index is 0.000000291. The molecule has 0 spiro atoms. The Morgan fingerprint density at radius 3 is 1.78 bits per heavy atom. The van der Waals surface area contributed by atoms with Crippen LogP contribution in [0.1, 0.15) is 0 Å². The van der Waals surface area contributed by atoms with Crippen LogP contribution in [0.2, 0.25) is 0 Å². The molecule has 0 aromatic heterocycles. The molecule has 3 heteroatoms. The number of rotatable bonds is 0. The van der Waals surface area contributed by atoms with Crippen LogP contribution in [0.5, 0.6) is 0 Å². The van der Waals surface area contributed by atoms with Crippen LogP contribution in [0.15, 0.2) is 30.3 Å². The summed E-state index contributed by atoms with van der Waals surface area (Å²) in [5.74, 6) is 0. The maximum Gasteiger partial charge on any atom is -0.0303 e. The van der Waals surface area contributed by atoms with E-state index in [0.717, 1.165) is 0 Å². The molecule has 0 bridgehead atoms. The average Bonchev–Trinajstić information content (AvgIpc) is 1.94. The van der Waals surface area contributed by atoms with Crippen molar-refractivity contribution in [1.82, 2.24) is 0 Å². The van der Waals surface area contributed by atoms with Gasteiger partial charge in [0.2, 0.25) is 0 Å². The van der Waals surface area contributed by atoms with Crippen LogP contribution in [-0.2, 0) is 0 Å². The van der Waals surface area contributed by atoms with Crippen LogP contribution in [-0.4, -0.2) is 15.1 Å². The van der Waals surface area contributed by atoms with Gasteiger partial charge in [-0.2, -0.15) is 0 Å². The van der Waals surface area contributed by atoms with Gasteiger partial charge in [0.25, 0.3) is 0 Å². The molecule has 0 saturated heterocycles. The van der Waals surface area contributed by atoms with E-state index in [1.807, 2.05) is 30.3 Å². The molecule has 1 rings (SSSR count). The zero-order chi connectivity index (χ0) is 7.11. The molecule has 0 radical (unpaired) electrons. The minimum Gasteiger partial charge on any atom is -0.106 e. The quantitative estimate of drug-likeness (QED) is 0.458. The zero-order valence-corrected chi connectivity index (χ0v) is 8.74. The Bertz CT molecular complexity index is 152. The second kappa shape index (κ2) is 6.59. The van der Waals surface area contributed by atoms with Crippen molar-refractivity contribution in [3.63, 3.8) is 0 Å². The largest absolute Gasteiger partial charge is 0.106 e. The summed E-state index contributed by atoms with van der Waals surface area (Å²) >= 11 is 2.43. The van der Waals surface area contributed by atoms with Crippen LogP contribution >= 0.6 is 16.7 Å². The van der Waals surface area contributed by atoms with Crippen LogP contribution < -0.4 is 5.30 Å². The molecule has 0 aliphatic carbocycles. The van der Waals surface area contributed by atoms with E-state index in [9.17, 15) is 0 Å². The molecule has 0 N–H and O–H groups in total. The maximum atomic E-state index is 2.85. The molecule has 0 amide bonds. The molecule has 1 atom stereocenters. The van der Waals surface area contributed by atoms with Gasteiger partial charge in [0, 0.05) is 0 Å². The standard InChI is InChI=1S/C6H7P.HPSe/c7-6-4-2-1-3-5-6;1-2/h1-5H,7H2;1H. The molecule has 0 aliphatic heterocycles. The van der Waals surface area contributed by atoms with Crippen LogP contribution in [0, 0.1) is 0 Å². The minimum absolute atomic E-state index is 1.24. The normalized spacial score (nSPS) is 7.22. The summed E-state index contributed by atoms with van der Waals surface area (Å²) in [4.78, 5) is 0. The topological polar surface area (TPSA) is 0 Å². The van der Waals surface area contributed by atoms with E-state index in [0.29, 0.717) is 0 Å². The molecule has 0 nitrogen and oxygen atoms in total. The van der Waals surface area contributed by atoms with Crippen LogP contribution in [0.25, 0.3) is 0 Å². The second-order valence-corrected chi connectivity index (χ2v) is 2.08. The van der Waals surface area contributed by atoms with Gasteiger partial charge >= 0.3 is 22.6 Å². The van der Waals surface area contributed by atoms with E-state index in [2.05, 4.69) is 31.8 Å². The third kappa shape index (κ3) is 4.94. The van der Waals surface area contributed by atoms with Crippen molar-refractivity contribution in [3.05, 3.63) is 30.3 Å². The summed E-state index contributed by atoms with van der Waals surface area (Å²) in [6.45, 7) is 0. The summed E-state index contributed by atoms with van der Waals surface area (Å²) in [6.07, 6.45) is 0. The van der Waals surface area contributed by atoms with Crippen molar-refractivity contribution in [1.29, 1.82) is 0 Å². The van der Waals surface area contributed by atoms with E-state index in [4.69, 9.17) is 0 Å². The summed E-state index contributed by atoms with van der Waals surface area (Å²) in [5, 5.41) is 1.24. The predicted octanol–water partition coefficient (Wildman–Crippen LogP) is 1.40. The first-order valence-electron chi connectivity index (χ1n) is 2.40. The number of hydrogen-bond donors (Lipinski definition) is 0. The van der Waals surface area contributed by atoms with E-state index in [1.165, 1.54) is 5.30 Å². The SMILES string of the molecule is P=[Se].Pc1ccccc1. The Labute approximate surface area is 67.7 Å². The molecule has 0 aliphatic rings. The maximum absolute atomic E-state index is 2.85. The molecule has 1 aromatic rings. The Morgan fingerprint density at radius 2 is 1.56 bits per heavy atom. The summed E-state index contributed by atoms with van der Waals surface area (Å²) < 4.78 is 0. The van der Waals surface area contributed by atoms with Crippen molar-refractivity contribution >= 4 is 37.1 Å². The van der Waals surface area contributed by atoms with Crippen molar-refractivity contribution in [2.75, 3.05) is 0 Å². The van der Waals surface area contributed by atoms with Crippen molar-refractivity contribution in [3.8, 4) is 0 Å². The van der Waals surface area contributed by atoms with Crippen LogP contribution in [0.3, 0.4) is 0 Å². The van der Waals surface area contributed by atoms with E-state index in [-0.39, 0.29) is 0 Å². The smallest absolute Gasteiger partial charge is 0.0303 e. The predicted molar refractivity (Wildman–Crippen MR) is 49.9 cm³/mol. The molecular formula is C6H8P2Se. The van der Waals surface area contributed by atoms with Crippen molar-refractivity contribution < 1.29 is 0 Å². The first-order valence-corrected chi connectivity index (χ1v) is 5.96. The van der Waals surface area contributed by atoms with E-state index >= 15 is 0 Å². The fourth-order valence-corrected chi connectivity index (χ4v) is 0.675. The van der Waals surface area contributed by atoms with Gasteiger partial charge in [-0.25, -0.2) is 0 Å². The van der Waals surface area contributed by atoms with Gasteiger partial charge in [-0.3, -0.25) is 0 Å². The van der Waals surface area contributed by atoms with Crippen LogP contribution in [0.4, 0.5) is 0 Å². The zero-order valence-electron chi connectivity index (χ0n) is 4.87. The van der Waals surface area contributed by atoms with E-state index < -0.39 is 0 Å². The van der Waals surface area contributed by atoms with Gasteiger partial charge in [-0.05, 0) is 5.30 Å². The van der Waals surface area contributed by atoms with Gasteiger partial charge in [0.05, 0.1) is 0 Å². The molecule has 48 valence electrons. The van der Waals surface area contributed by atoms with Crippen molar-refractivity contribution in [2.24, 2.45) is 0 Å². The first kappa shape index (κ1) is 9.47. The van der Waals surface area contributed by atoms with Gasteiger partial charge in [0.1, 0.15) is 0 Å². The Kier molecular flexibility index (Phi) is 6.93. The summed E-state index contributed by atoms with van der Waals surface area (Å²) in [5.41, 5.74) is 0. The molecule has 0 fully saturated rings. The minimum atomic E-state index is 1.24. The molecular weight excluding hydrogens is 213 g/mol. The van der Waals surface area contributed by atoms with Gasteiger partial charge in [-0.15, -0.1) is 9.24 Å². The monoisotopic (exact) mass is 222 g/mol. The third-order valence-corrected chi connectivity index (χ3v) is 1.18. The molecule has 9 heavy (non-hydrogen) atoms. The third-order valence-electron chi connectivity index (χ3n) is 0.800. The Morgan fingerprint density at radius 1 is 1.11 bits per heavy atom. The molecule has 1 aromatic carbocycles. The summed E-state index contributed by atoms with van der Waals surface area (Å²) in [7, 11) is 5.48. The fourth-order valence-electron chi connectivity index (χ4n) is 0.453. The summed E-state index contributed by atoms with van der Waals surface area (Å²) in [6, 6.07) is 10.1. The molecule has 0 heterocycles. The van der Waals surface area contributed by atoms with Crippen molar-refractivity contribution in [2.45, 2.75) is 0 Å². The average molecular weight is 221 g/mol. The van der Waals surface area contributed by atoms with Gasteiger partial charge < -0.3 is 0 Å². The molecule has 0 saturated carbocycles. The van der Waals surface area contributed by atoms with Gasteiger partial charge in [-0.1, -0.05) is 30.3 Å². The number of hydrogen-bond acceptors (Lipinski definition) is 0. The number of benzene rings is 1. The Hall–Kier alpha value is 0.469. The molecule has 1 unspecified atom stereocenters. The van der Waals surface area contributed by atoms with E-state index in [1.54, 1.807) is 0 Å². The van der Waals surface area contributed by atoms with Gasteiger partial charge in [0.15, 0.2) is 0 Å².